The molecule has 28 heavy (non-hydrogen) atoms. The van der Waals surface area contributed by atoms with E-state index in [2.05, 4.69) is 6.92 Å². The number of benzene rings is 1. The van der Waals surface area contributed by atoms with Gasteiger partial charge in [-0.15, -0.1) is 0 Å². The minimum atomic E-state index is -4.75. The van der Waals surface area contributed by atoms with E-state index in [1.165, 1.54) is 0 Å². The summed E-state index contributed by atoms with van der Waals surface area (Å²) < 4.78 is 62.0. The lowest BCUT2D eigenvalue weighted by Gasteiger charge is -2.13. The highest BCUT2D eigenvalue weighted by Gasteiger charge is 2.34. The maximum Gasteiger partial charge on any atom is 0.416 e. The van der Waals surface area contributed by atoms with Gasteiger partial charge in [-0.25, -0.2) is 4.39 Å². The van der Waals surface area contributed by atoms with Crippen LogP contribution in [0, 0.1) is 5.82 Å². The molecule has 0 aromatic heterocycles. The number of rotatable bonds is 12. The lowest BCUT2D eigenvalue weighted by molar-refractivity contribution is -0.148. The van der Waals surface area contributed by atoms with Crippen LogP contribution in [-0.2, 0) is 31.8 Å². The number of hydrogen-bond acceptors (Lipinski definition) is 4. The lowest BCUT2D eigenvalue weighted by Crippen LogP contribution is -2.14. The number of ether oxygens (including phenoxy) is 2. The van der Waals surface area contributed by atoms with Crippen molar-refractivity contribution in [1.82, 2.24) is 0 Å². The van der Waals surface area contributed by atoms with Gasteiger partial charge in [0.05, 0.1) is 12.2 Å². The third-order valence-corrected chi connectivity index (χ3v) is 4.07. The number of alkyl halides is 3. The van der Waals surface area contributed by atoms with Crippen LogP contribution < -0.4 is 0 Å². The normalized spacial score (nSPS) is 11.3. The monoisotopic (exact) mass is 406 g/mol. The van der Waals surface area contributed by atoms with Crippen LogP contribution in [0.25, 0.3) is 0 Å². The van der Waals surface area contributed by atoms with Gasteiger partial charge in [0.1, 0.15) is 12.4 Å². The number of unbranched alkanes of at least 4 members (excludes halogenated alkanes) is 4. The first-order chi connectivity index (χ1) is 13.3. The molecule has 158 valence electrons. The first-order valence-electron chi connectivity index (χ1n) is 9.41. The quantitative estimate of drug-likeness (QED) is 0.259. The minimum absolute atomic E-state index is 0.0115. The first kappa shape index (κ1) is 23.9. The third kappa shape index (κ3) is 9.19. The molecule has 4 nitrogen and oxygen atoms in total. The van der Waals surface area contributed by atoms with Crippen molar-refractivity contribution in [3.63, 3.8) is 0 Å². The van der Waals surface area contributed by atoms with Gasteiger partial charge >= 0.3 is 18.1 Å². The molecule has 1 rings (SSSR count). The summed E-state index contributed by atoms with van der Waals surface area (Å²) >= 11 is 0. The van der Waals surface area contributed by atoms with Crippen molar-refractivity contribution in [2.24, 2.45) is 0 Å². The Morgan fingerprint density at radius 3 is 2.21 bits per heavy atom. The molecule has 0 aliphatic carbocycles. The van der Waals surface area contributed by atoms with Gasteiger partial charge in [0.25, 0.3) is 0 Å². The van der Waals surface area contributed by atoms with Crippen LogP contribution in [0.1, 0.15) is 69.4 Å². The molecular weight excluding hydrogens is 380 g/mol. The van der Waals surface area contributed by atoms with Crippen LogP contribution in [0.3, 0.4) is 0 Å². The van der Waals surface area contributed by atoms with Gasteiger partial charge in [0, 0.05) is 18.4 Å². The van der Waals surface area contributed by atoms with Gasteiger partial charge in [-0.3, -0.25) is 9.59 Å². The van der Waals surface area contributed by atoms with E-state index in [0.717, 1.165) is 50.3 Å². The van der Waals surface area contributed by atoms with Crippen molar-refractivity contribution < 1.29 is 36.6 Å². The highest BCUT2D eigenvalue weighted by Crippen LogP contribution is 2.33. The van der Waals surface area contributed by atoms with E-state index >= 15 is 0 Å². The summed E-state index contributed by atoms with van der Waals surface area (Å²) in [4.78, 5) is 23.2. The van der Waals surface area contributed by atoms with E-state index in [9.17, 15) is 27.2 Å². The molecule has 0 N–H and O–H groups in total. The predicted molar refractivity (Wildman–Crippen MR) is 94.8 cm³/mol. The SMILES string of the molecule is CCCCCCCOC(=O)CCCC(=O)OCc1c(F)cccc1C(F)(F)F. The molecule has 0 bridgehead atoms. The second-order valence-corrected chi connectivity index (χ2v) is 6.41. The smallest absolute Gasteiger partial charge is 0.416 e. The second-order valence-electron chi connectivity index (χ2n) is 6.41. The Kier molecular flexibility index (Phi) is 10.6. The van der Waals surface area contributed by atoms with Crippen molar-refractivity contribution >= 4 is 11.9 Å². The maximum absolute atomic E-state index is 13.7. The van der Waals surface area contributed by atoms with E-state index in [-0.39, 0.29) is 19.3 Å². The van der Waals surface area contributed by atoms with Gasteiger partial charge in [-0.2, -0.15) is 13.2 Å². The Hall–Kier alpha value is -2.12. The van der Waals surface area contributed by atoms with Gasteiger partial charge < -0.3 is 9.47 Å². The lowest BCUT2D eigenvalue weighted by atomic mass is 10.1. The molecule has 0 aliphatic heterocycles. The number of carbonyl (C=O) groups excluding carboxylic acids is 2. The van der Waals surface area contributed by atoms with E-state index in [4.69, 9.17) is 9.47 Å². The molecule has 0 amide bonds. The average Bonchev–Trinajstić information content (AvgIpc) is 2.62. The van der Waals surface area contributed by atoms with Crippen molar-refractivity contribution in [2.75, 3.05) is 6.61 Å². The summed E-state index contributed by atoms with van der Waals surface area (Å²) in [6.45, 7) is 1.62. The molecule has 0 saturated carbocycles. The molecule has 0 fully saturated rings. The topological polar surface area (TPSA) is 52.6 Å². The molecule has 0 aliphatic rings. The summed E-state index contributed by atoms with van der Waals surface area (Å²) in [5, 5.41) is 0. The van der Waals surface area contributed by atoms with Gasteiger partial charge in [-0.05, 0) is 25.0 Å². The van der Waals surface area contributed by atoms with E-state index in [1.54, 1.807) is 0 Å². The zero-order chi connectivity index (χ0) is 21.0. The van der Waals surface area contributed by atoms with Crippen LogP contribution in [0.2, 0.25) is 0 Å². The van der Waals surface area contributed by atoms with E-state index in [0.29, 0.717) is 6.61 Å². The molecule has 0 saturated heterocycles. The summed E-state index contributed by atoms with van der Waals surface area (Å²) in [6.07, 6.45) is 0.400. The highest BCUT2D eigenvalue weighted by molar-refractivity contribution is 5.72. The molecule has 1 aromatic carbocycles. The Balaban J connectivity index is 2.29. The van der Waals surface area contributed by atoms with Gasteiger partial charge in [-0.1, -0.05) is 38.7 Å². The molecule has 0 radical (unpaired) electrons. The Labute approximate surface area is 162 Å². The Morgan fingerprint density at radius 2 is 1.57 bits per heavy atom. The van der Waals surface area contributed by atoms with Crippen LogP contribution in [-0.4, -0.2) is 18.5 Å². The number of halogens is 4. The predicted octanol–water partition coefficient (Wildman–Crippen LogP) is 5.57. The van der Waals surface area contributed by atoms with Crippen molar-refractivity contribution in [2.45, 2.75) is 71.1 Å². The van der Waals surface area contributed by atoms with Crippen LogP contribution >= 0.6 is 0 Å². The fourth-order valence-electron chi connectivity index (χ4n) is 2.54. The highest BCUT2D eigenvalue weighted by atomic mass is 19.4. The van der Waals surface area contributed by atoms with Crippen LogP contribution in [0.5, 0.6) is 0 Å². The maximum atomic E-state index is 13.7. The average molecular weight is 406 g/mol. The van der Waals surface area contributed by atoms with E-state index < -0.39 is 41.7 Å². The Morgan fingerprint density at radius 1 is 0.929 bits per heavy atom. The largest absolute Gasteiger partial charge is 0.466 e. The first-order valence-corrected chi connectivity index (χ1v) is 9.41. The van der Waals surface area contributed by atoms with Crippen LogP contribution in [0.15, 0.2) is 18.2 Å². The minimum Gasteiger partial charge on any atom is -0.466 e. The van der Waals surface area contributed by atoms with E-state index in [1.807, 2.05) is 0 Å². The molecule has 1 aromatic rings. The van der Waals surface area contributed by atoms with Crippen molar-refractivity contribution in [1.29, 1.82) is 0 Å². The zero-order valence-electron chi connectivity index (χ0n) is 15.9. The number of carbonyl (C=O) groups is 2. The fraction of sp³-hybridized carbons (Fsp3) is 0.600. The summed E-state index contributed by atoms with van der Waals surface area (Å²) in [6, 6.07) is 2.54. The third-order valence-electron chi connectivity index (χ3n) is 4.07. The fourth-order valence-corrected chi connectivity index (χ4v) is 2.54. The molecule has 0 atom stereocenters. The summed E-state index contributed by atoms with van der Waals surface area (Å²) in [7, 11) is 0. The Bertz CT molecular complexity index is 629. The number of hydrogen-bond donors (Lipinski definition) is 0. The van der Waals surface area contributed by atoms with Gasteiger partial charge in [0.2, 0.25) is 0 Å². The molecule has 0 spiro atoms. The molecule has 0 heterocycles. The summed E-state index contributed by atoms with van der Waals surface area (Å²) in [5.74, 6) is -2.33. The van der Waals surface area contributed by atoms with Crippen LogP contribution in [0.4, 0.5) is 17.6 Å². The molecule has 8 heteroatoms. The van der Waals surface area contributed by atoms with Gasteiger partial charge in [0.15, 0.2) is 0 Å². The number of esters is 2. The second kappa shape index (κ2) is 12.4. The standard InChI is InChI=1S/C20H26F4O4/c1-2-3-4-5-6-13-27-18(25)11-8-12-19(26)28-14-15-16(20(22,23)24)9-7-10-17(15)21/h7,9-10H,2-6,8,11-14H2,1H3. The molecule has 0 unspecified atom stereocenters. The zero-order valence-corrected chi connectivity index (χ0v) is 15.9. The van der Waals surface area contributed by atoms with Crippen molar-refractivity contribution in [3.8, 4) is 0 Å². The molecular formula is C20H26F4O4. The summed E-state index contributed by atoms with van der Waals surface area (Å²) in [5.41, 5.74) is -1.89. The van der Waals surface area contributed by atoms with Crippen molar-refractivity contribution in [3.05, 3.63) is 35.1 Å².